The van der Waals surface area contributed by atoms with Gasteiger partial charge in [-0.05, 0) is 44.5 Å². The molecule has 0 aliphatic rings. The SMILES string of the molecule is Cc1cc(C)n([C@H](C)C(=O)NCc2ccc(S(=O)(=O)N(C)C)cc2)n1. The van der Waals surface area contributed by atoms with E-state index in [-0.39, 0.29) is 10.8 Å². The van der Waals surface area contributed by atoms with Gasteiger partial charge in [0.05, 0.1) is 10.6 Å². The van der Waals surface area contributed by atoms with Crippen LogP contribution in [-0.2, 0) is 21.4 Å². The summed E-state index contributed by atoms with van der Waals surface area (Å²) >= 11 is 0. The Morgan fingerprint density at radius 2 is 1.84 bits per heavy atom. The lowest BCUT2D eigenvalue weighted by atomic mass is 10.2. The van der Waals surface area contributed by atoms with Crippen molar-refractivity contribution in [3.63, 3.8) is 0 Å². The number of hydrogen-bond acceptors (Lipinski definition) is 4. The molecule has 0 saturated heterocycles. The van der Waals surface area contributed by atoms with Gasteiger partial charge >= 0.3 is 0 Å². The van der Waals surface area contributed by atoms with Crippen LogP contribution in [0.2, 0.25) is 0 Å². The summed E-state index contributed by atoms with van der Waals surface area (Å²) in [5.41, 5.74) is 2.62. The standard InChI is InChI=1S/C17H24N4O3S/c1-12-10-13(2)21(19-12)14(3)17(22)18-11-15-6-8-16(9-7-15)25(23,24)20(4)5/h6-10,14H,11H2,1-5H3,(H,18,22)/t14-/m1/s1. The highest BCUT2D eigenvalue weighted by Crippen LogP contribution is 2.15. The number of carbonyl (C=O) groups is 1. The third kappa shape index (κ3) is 4.26. The van der Waals surface area contributed by atoms with Crippen LogP contribution in [-0.4, -0.2) is 42.5 Å². The van der Waals surface area contributed by atoms with Crippen molar-refractivity contribution in [3.8, 4) is 0 Å². The molecule has 2 aromatic rings. The Morgan fingerprint density at radius 1 is 1.24 bits per heavy atom. The fraction of sp³-hybridized carbons (Fsp3) is 0.412. The van der Waals surface area contributed by atoms with Crippen LogP contribution < -0.4 is 5.32 Å². The van der Waals surface area contributed by atoms with E-state index in [2.05, 4.69) is 10.4 Å². The molecule has 2 rings (SSSR count). The van der Waals surface area contributed by atoms with Gasteiger partial charge in [0.25, 0.3) is 0 Å². The zero-order valence-corrected chi connectivity index (χ0v) is 16.0. The summed E-state index contributed by atoms with van der Waals surface area (Å²) in [6.07, 6.45) is 0. The number of carbonyl (C=O) groups excluding carboxylic acids is 1. The number of amides is 1. The van der Waals surface area contributed by atoms with Crippen molar-refractivity contribution in [2.24, 2.45) is 0 Å². The van der Waals surface area contributed by atoms with Gasteiger partial charge in [-0.2, -0.15) is 5.10 Å². The Morgan fingerprint density at radius 3 is 2.32 bits per heavy atom. The summed E-state index contributed by atoms with van der Waals surface area (Å²) in [4.78, 5) is 12.5. The molecule has 0 radical (unpaired) electrons. The fourth-order valence-electron chi connectivity index (χ4n) is 2.48. The second-order valence-electron chi connectivity index (χ2n) is 6.20. The van der Waals surface area contributed by atoms with Crippen molar-refractivity contribution >= 4 is 15.9 Å². The van der Waals surface area contributed by atoms with Crippen LogP contribution in [0.1, 0.15) is 29.9 Å². The normalized spacial score (nSPS) is 13.0. The van der Waals surface area contributed by atoms with Crippen LogP contribution in [0.25, 0.3) is 0 Å². The van der Waals surface area contributed by atoms with Gasteiger partial charge in [0.1, 0.15) is 6.04 Å². The van der Waals surface area contributed by atoms with Crippen LogP contribution in [0.4, 0.5) is 0 Å². The number of nitrogens with zero attached hydrogens (tertiary/aromatic N) is 3. The number of aromatic nitrogens is 2. The quantitative estimate of drug-likeness (QED) is 0.844. The molecule has 1 heterocycles. The minimum absolute atomic E-state index is 0.142. The van der Waals surface area contributed by atoms with Crippen LogP contribution >= 0.6 is 0 Å². The maximum Gasteiger partial charge on any atom is 0.244 e. The van der Waals surface area contributed by atoms with Crippen LogP contribution in [0.15, 0.2) is 35.2 Å². The van der Waals surface area contributed by atoms with Gasteiger partial charge in [-0.3, -0.25) is 9.48 Å². The van der Waals surface area contributed by atoms with E-state index < -0.39 is 16.1 Å². The number of sulfonamides is 1. The number of hydrogen-bond donors (Lipinski definition) is 1. The van der Waals surface area contributed by atoms with Gasteiger partial charge in [-0.25, -0.2) is 12.7 Å². The molecule has 136 valence electrons. The lowest BCUT2D eigenvalue weighted by Crippen LogP contribution is -2.31. The summed E-state index contributed by atoms with van der Waals surface area (Å²) < 4.78 is 26.9. The van der Waals surface area contributed by atoms with E-state index in [1.807, 2.05) is 19.9 Å². The van der Waals surface area contributed by atoms with Gasteiger partial charge in [0.2, 0.25) is 15.9 Å². The second kappa shape index (κ2) is 7.37. The van der Waals surface area contributed by atoms with Crippen LogP contribution in [0.3, 0.4) is 0 Å². The van der Waals surface area contributed by atoms with Crippen molar-refractivity contribution in [2.75, 3.05) is 14.1 Å². The minimum atomic E-state index is -3.44. The van der Waals surface area contributed by atoms with E-state index >= 15 is 0 Å². The molecule has 1 aromatic heterocycles. The first-order chi connectivity index (χ1) is 11.6. The van der Waals surface area contributed by atoms with E-state index in [1.54, 1.807) is 35.9 Å². The molecule has 0 spiro atoms. The lowest BCUT2D eigenvalue weighted by molar-refractivity contribution is -0.124. The van der Waals surface area contributed by atoms with Crippen molar-refractivity contribution in [1.82, 2.24) is 19.4 Å². The average Bonchev–Trinajstić information content (AvgIpc) is 2.90. The predicted octanol–water partition coefficient (Wildman–Crippen LogP) is 1.63. The molecule has 0 fully saturated rings. The van der Waals surface area contributed by atoms with Crippen molar-refractivity contribution in [2.45, 2.75) is 38.3 Å². The van der Waals surface area contributed by atoms with Crippen molar-refractivity contribution < 1.29 is 13.2 Å². The zero-order chi connectivity index (χ0) is 18.8. The highest BCUT2D eigenvalue weighted by atomic mass is 32.2. The highest BCUT2D eigenvalue weighted by Gasteiger charge is 2.18. The number of benzene rings is 1. The van der Waals surface area contributed by atoms with E-state index in [4.69, 9.17) is 0 Å². The Kier molecular flexibility index (Phi) is 5.64. The average molecular weight is 364 g/mol. The Hall–Kier alpha value is -2.19. The van der Waals surface area contributed by atoms with Gasteiger partial charge in [0, 0.05) is 26.3 Å². The predicted molar refractivity (Wildman–Crippen MR) is 95.6 cm³/mol. The fourth-order valence-corrected chi connectivity index (χ4v) is 3.38. The van der Waals surface area contributed by atoms with E-state index in [9.17, 15) is 13.2 Å². The summed E-state index contributed by atoms with van der Waals surface area (Å²) in [6.45, 7) is 5.91. The first-order valence-corrected chi connectivity index (χ1v) is 9.39. The van der Waals surface area contributed by atoms with Gasteiger partial charge in [-0.1, -0.05) is 12.1 Å². The third-order valence-electron chi connectivity index (χ3n) is 3.96. The first-order valence-electron chi connectivity index (χ1n) is 7.95. The molecule has 0 unspecified atom stereocenters. The second-order valence-corrected chi connectivity index (χ2v) is 8.35. The van der Waals surface area contributed by atoms with E-state index in [1.165, 1.54) is 18.4 Å². The Balaban J connectivity index is 2.01. The topological polar surface area (TPSA) is 84.3 Å². The highest BCUT2D eigenvalue weighted by molar-refractivity contribution is 7.89. The number of aryl methyl sites for hydroxylation is 2. The maximum absolute atomic E-state index is 12.3. The van der Waals surface area contributed by atoms with Gasteiger partial charge in [-0.15, -0.1) is 0 Å². The molecular formula is C17H24N4O3S. The van der Waals surface area contributed by atoms with Crippen LogP contribution in [0.5, 0.6) is 0 Å². The summed E-state index contributed by atoms with van der Waals surface area (Å²) in [5.74, 6) is -0.142. The van der Waals surface area contributed by atoms with Crippen molar-refractivity contribution in [3.05, 3.63) is 47.3 Å². The molecule has 25 heavy (non-hydrogen) atoms. The number of rotatable bonds is 6. The first kappa shape index (κ1) is 19.1. The van der Waals surface area contributed by atoms with E-state index in [0.29, 0.717) is 6.54 Å². The van der Waals surface area contributed by atoms with Crippen molar-refractivity contribution in [1.29, 1.82) is 0 Å². The van der Waals surface area contributed by atoms with E-state index in [0.717, 1.165) is 17.0 Å². The molecule has 0 aliphatic carbocycles. The summed E-state index contributed by atoms with van der Waals surface area (Å²) in [6, 6.07) is 7.99. The molecule has 1 aromatic carbocycles. The smallest absolute Gasteiger partial charge is 0.244 e. The zero-order valence-electron chi connectivity index (χ0n) is 15.1. The molecule has 7 nitrogen and oxygen atoms in total. The summed E-state index contributed by atoms with van der Waals surface area (Å²) in [5, 5.41) is 7.18. The number of nitrogens with one attached hydrogen (secondary N) is 1. The monoisotopic (exact) mass is 364 g/mol. The molecule has 1 N–H and O–H groups in total. The lowest BCUT2D eigenvalue weighted by Gasteiger charge is -2.15. The molecule has 8 heteroatoms. The Bertz CT molecular complexity index is 855. The Labute approximate surface area is 148 Å². The maximum atomic E-state index is 12.3. The van der Waals surface area contributed by atoms with Crippen LogP contribution in [0, 0.1) is 13.8 Å². The summed E-state index contributed by atoms with van der Waals surface area (Å²) in [7, 11) is -0.463. The van der Waals surface area contributed by atoms with Gasteiger partial charge in [0.15, 0.2) is 0 Å². The molecule has 0 aliphatic heterocycles. The molecule has 1 amide bonds. The largest absolute Gasteiger partial charge is 0.350 e. The molecule has 1 atom stereocenters. The molecule has 0 saturated carbocycles. The molecular weight excluding hydrogens is 340 g/mol. The van der Waals surface area contributed by atoms with Gasteiger partial charge < -0.3 is 5.32 Å². The third-order valence-corrected chi connectivity index (χ3v) is 5.79. The molecule has 0 bridgehead atoms. The minimum Gasteiger partial charge on any atom is -0.350 e.